The first-order valence-corrected chi connectivity index (χ1v) is 7.46. The molecule has 9 heteroatoms. The molecule has 0 unspecified atom stereocenters. The molecule has 0 bridgehead atoms. The first-order chi connectivity index (χ1) is 11.8. The molecule has 134 valence electrons. The van der Waals surface area contributed by atoms with E-state index in [9.17, 15) is 18.0 Å². The van der Waals surface area contributed by atoms with Crippen LogP contribution in [0.4, 0.5) is 24.8 Å². The van der Waals surface area contributed by atoms with Crippen LogP contribution in [0.15, 0.2) is 36.5 Å². The number of hydrogen-bond acceptors (Lipinski definition) is 5. The highest BCUT2D eigenvalue weighted by Crippen LogP contribution is 2.30. The van der Waals surface area contributed by atoms with Crippen LogP contribution in [-0.4, -0.2) is 48.0 Å². The Labute approximate surface area is 143 Å². The van der Waals surface area contributed by atoms with E-state index < -0.39 is 17.6 Å². The lowest BCUT2D eigenvalue weighted by atomic mass is 10.2. The second-order valence-corrected chi connectivity index (χ2v) is 5.53. The predicted molar refractivity (Wildman–Crippen MR) is 88.5 cm³/mol. The van der Waals surface area contributed by atoms with E-state index in [-0.39, 0.29) is 17.3 Å². The Balaban J connectivity index is 2.06. The Morgan fingerprint density at radius 3 is 2.68 bits per heavy atom. The third-order valence-electron chi connectivity index (χ3n) is 3.18. The van der Waals surface area contributed by atoms with E-state index >= 15 is 0 Å². The third kappa shape index (κ3) is 5.71. The maximum atomic E-state index is 12.7. The van der Waals surface area contributed by atoms with Crippen molar-refractivity contribution in [3.63, 3.8) is 0 Å². The highest BCUT2D eigenvalue weighted by atomic mass is 19.4. The van der Waals surface area contributed by atoms with Gasteiger partial charge in [0.15, 0.2) is 0 Å². The van der Waals surface area contributed by atoms with Gasteiger partial charge in [-0.1, -0.05) is 6.07 Å². The van der Waals surface area contributed by atoms with E-state index in [0.29, 0.717) is 6.54 Å². The fourth-order valence-corrected chi connectivity index (χ4v) is 1.93. The molecule has 1 aromatic heterocycles. The SMILES string of the molecule is CN(C)CCNc1nccc(C(=O)Nc2cccc(C(F)(F)F)c2)n1. The second kappa shape index (κ2) is 7.93. The largest absolute Gasteiger partial charge is 0.416 e. The molecule has 0 aliphatic rings. The van der Waals surface area contributed by atoms with E-state index in [1.54, 1.807) is 0 Å². The van der Waals surface area contributed by atoms with Gasteiger partial charge in [-0.05, 0) is 38.4 Å². The van der Waals surface area contributed by atoms with E-state index in [4.69, 9.17) is 0 Å². The van der Waals surface area contributed by atoms with Gasteiger partial charge in [0.05, 0.1) is 5.56 Å². The zero-order valence-corrected chi connectivity index (χ0v) is 13.8. The van der Waals surface area contributed by atoms with Gasteiger partial charge in [0, 0.05) is 25.0 Å². The number of nitrogens with one attached hydrogen (secondary N) is 2. The number of aromatic nitrogens is 2. The first kappa shape index (κ1) is 18.7. The molecule has 1 aromatic carbocycles. The van der Waals surface area contributed by atoms with Crippen molar-refractivity contribution in [1.29, 1.82) is 0 Å². The van der Waals surface area contributed by atoms with Crippen LogP contribution in [0, 0.1) is 0 Å². The normalized spacial score (nSPS) is 11.4. The van der Waals surface area contributed by atoms with Gasteiger partial charge in [-0.25, -0.2) is 9.97 Å². The van der Waals surface area contributed by atoms with Crippen LogP contribution >= 0.6 is 0 Å². The van der Waals surface area contributed by atoms with Crippen molar-refractivity contribution in [3.8, 4) is 0 Å². The summed E-state index contributed by atoms with van der Waals surface area (Å²) in [5.41, 5.74) is -0.737. The molecule has 0 spiro atoms. The molecule has 0 saturated carbocycles. The Kier molecular flexibility index (Phi) is 5.92. The van der Waals surface area contributed by atoms with Crippen molar-refractivity contribution in [1.82, 2.24) is 14.9 Å². The van der Waals surface area contributed by atoms with Gasteiger partial charge in [-0.3, -0.25) is 4.79 Å². The number of alkyl halides is 3. The molecular weight excluding hydrogens is 335 g/mol. The number of amides is 1. The van der Waals surface area contributed by atoms with Gasteiger partial charge in [-0.15, -0.1) is 0 Å². The molecule has 2 N–H and O–H groups in total. The summed E-state index contributed by atoms with van der Waals surface area (Å²) < 4.78 is 38.1. The molecule has 25 heavy (non-hydrogen) atoms. The lowest BCUT2D eigenvalue weighted by Crippen LogP contribution is -2.22. The molecule has 0 atom stereocenters. The van der Waals surface area contributed by atoms with Crippen LogP contribution in [0.2, 0.25) is 0 Å². The van der Waals surface area contributed by atoms with E-state index in [2.05, 4.69) is 20.6 Å². The van der Waals surface area contributed by atoms with E-state index in [1.807, 2.05) is 19.0 Å². The molecule has 0 aliphatic heterocycles. The summed E-state index contributed by atoms with van der Waals surface area (Å²) in [6, 6.07) is 5.81. The Hall–Kier alpha value is -2.68. The highest BCUT2D eigenvalue weighted by Gasteiger charge is 2.30. The fourth-order valence-electron chi connectivity index (χ4n) is 1.93. The lowest BCUT2D eigenvalue weighted by molar-refractivity contribution is -0.137. The number of carbonyl (C=O) groups excluding carboxylic acids is 1. The van der Waals surface area contributed by atoms with Crippen molar-refractivity contribution < 1.29 is 18.0 Å². The molecule has 0 saturated heterocycles. The molecule has 2 aromatic rings. The summed E-state index contributed by atoms with van der Waals surface area (Å²) in [6.45, 7) is 1.34. The Bertz CT molecular complexity index is 734. The minimum Gasteiger partial charge on any atom is -0.353 e. The van der Waals surface area contributed by atoms with Crippen molar-refractivity contribution in [3.05, 3.63) is 47.8 Å². The molecule has 6 nitrogen and oxygen atoms in total. The third-order valence-corrected chi connectivity index (χ3v) is 3.18. The number of likely N-dealkylation sites (N-methyl/N-ethyl adjacent to an activating group) is 1. The minimum absolute atomic E-state index is 0.0422. The molecule has 0 fully saturated rings. The average Bonchev–Trinajstić information content (AvgIpc) is 2.54. The fraction of sp³-hybridized carbons (Fsp3) is 0.312. The van der Waals surface area contributed by atoms with Crippen LogP contribution in [0.25, 0.3) is 0 Å². The number of hydrogen-bond donors (Lipinski definition) is 2. The first-order valence-electron chi connectivity index (χ1n) is 7.46. The number of benzene rings is 1. The molecule has 1 amide bonds. The summed E-state index contributed by atoms with van der Waals surface area (Å²) in [7, 11) is 3.84. The summed E-state index contributed by atoms with van der Waals surface area (Å²) >= 11 is 0. The van der Waals surface area contributed by atoms with Crippen LogP contribution in [0.5, 0.6) is 0 Å². The number of rotatable bonds is 6. The van der Waals surface area contributed by atoms with Crippen LogP contribution in [-0.2, 0) is 6.18 Å². The maximum absolute atomic E-state index is 12.7. The standard InChI is InChI=1S/C16H18F3N5O/c1-24(2)9-8-21-15-20-7-6-13(23-15)14(25)22-12-5-3-4-11(10-12)16(17,18)19/h3-7,10H,8-9H2,1-2H3,(H,22,25)(H,20,21,23). The van der Waals surface area contributed by atoms with Gasteiger partial charge in [0.25, 0.3) is 5.91 Å². The Morgan fingerprint density at radius 2 is 2.00 bits per heavy atom. The monoisotopic (exact) mass is 353 g/mol. The number of carbonyl (C=O) groups is 1. The van der Waals surface area contributed by atoms with Gasteiger partial charge in [-0.2, -0.15) is 13.2 Å². The lowest BCUT2D eigenvalue weighted by Gasteiger charge is -2.11. The summed E-state index contributed by atoms with van der Waals surface area (Å²) in [4.78, 5) is 22.2. The van der Waals surface area contributed by atoms with Crippen LogP contribution in [0.1, 0.15) is 16.1 Å². The smallest absolute Gasteiger partial charge is 0.353 e. The molecule has 0 aliphatic carbocycles. The van der Waals surface area contributed by atoms with Gasteiger partial charge in [0.1, 0.15) is 5.69 Å². The minimum atomic E-state index is -4.47. The Morgan fingerprint density at radius 1 is 1.24 bits per heavy atom. The quantitative estimate of drug-likeness (QED) is 0.836. The van der Waals surface area contributed by atoms with Crippen LogP contribution in [0.3, 0.4) is 0 Å². The van der Waals surface area contributed by atoms with Crippen LogP contribution < -0.4 is 10.6 Å². The van der Waals surface area contributed by atoms with Crippen molar-refractivity contribution in [2.24, 2.45) is 0 Å². The van der Waals surface area contributed by atoms with E-state index in [0.717, 1.165) is 18.7 Å². The van der Waals surface area contributed by atoms with Gasteiger partial charge in [0.2, 0.25) is 5.95 Å². The average molecular weight is 353 g/mol. The number of anilines is 2. The topological polar surface area (TPSA) is 70.2 Å². The van der Waals surface area contributed by atoms with Crippen molar-refractivity contribution >= 4 is 17.5 Å². The van der Waals surface area contributed by atoms with Gasteiger partial charge >= 0.3 is 6.18 Å². The van der Waals surface area contributed by atoms with Gasteiger partial charge < -0.3 is 15.5 Å². The number of nitrogens with zero attached hydrogens (tertiary/aromatic N) is 3. The van der Waals surface area contributed by atoms with Crippen molar-refractivity contribution in [2.45, 2.75) is 6.18 Å². The van der Waals surface area contributed by atoms with Crippen molar-refractivity contribution in [2.75, 3.05) is 37.8 Å². The molecule has 0 radical (unpaired) electrons. The molecule has 1 heterocycles. The molecular formula is C16H18F3N5O. The maximum Gasteiger partial charge on any atom is 0.416 e. The number of halogens is 3. The zero-order valence-electron chi connectivity index (χ0n) is 13.8. The van der Waals surface area contributed by atoms with E-state index in [1.165, 1.54) is 24.4 Å². The highest BCUT2D eigenvalue weighted by molar-refractivity contribution is 6.03. The summed E-state index contributed by atoms with van der Waals surface area (Å²) in [5, 5.41) is 5.38. The summed E-state index contributed by atoms with van der Waals surface area (Å²) in [6.07, 6.45) is -3.06. The molecule has 2 rings (SSSR count). The zero-order chi connectivity index (χ0) is 18.4. The predicted octanol–water partition coefficient (Wildman–Crippen LogP) is 2.72. The second-order valence-electron chi connectivity index (χ2n) is 5.53. The summed E-state index contributed by atoms with van der Waals surface area (Å²) in [5.74, 6) is -0.337.